The Labute approximate surface area is 648 Å². The minimum Gasteiger partial charge on any atom is -0.460 e. The molecule has 1 saturated heterocycles. The van der Waals surface area contributed by atoms with Gasteiger partial charge in [-0.3, -0.25) is 75.9 Å². The molecule has 1 aliphatic heterocycles. The lowest BCUT2D eigenvalue weighted by Gasteiger charge is -2.21. The lowest BCUT2D eigenvalue weighted by atomic mass is 9.92. The number of nitrogens with one attached hydrogen (secondary N) is 1. The van der Waals surface area contributed by atoms with Gasteiger partial charge in [-0.2, -0.15) is 0 Å². The number of rotatable bonds is 19. The van der Waals surface area contributed by atoms with Crippen LogP contribution in [-0.2, 0) is 109 Å². The summed E-state index contributed by atoms with van der Waals surface area (Å²) in [6.07, 6.45) is 14.5. The Kier molecular flexibility index (Phi) is 35.9. The zero-order valence-corrected chi connectivity index (χ0v) is 67.3. The molecule has 2 amide bonds. The van der Waals surface area contributed by atoms with Gasteiger partial charge in [-0.05, 0) is 169 Å². The minimum absolute atomic E-state index is 0.0601. The minimum atomic E-state index is -0.634. The van der Waals surface area contributed by atoms with Gasteiger partial charge in [0, 0.05) is 63.1 Å². The van der Waals surface area contributed by atoms with Crippen molar-refractivity contribution in [3.8, 4) is 36.5 Å². The van der Waals surface area contributed by atoms with Crippen LogP contribution in [0.25, 0.3) is 33.1 Å². The van der Waals surface area contributed by atoms with Crippen LogP contribution in [-0.4, -0.2) is 160 Å². The number of Topliss-reactive ketones (excluding diaryl/α,β-unsaturated/α-hetero) is 4. The highest BCUT2D eigenvalue weighted by Crippen LogP contribution is 2.30. The molecule has 2 N–H and O–H groups in total. The Morgan fingerprint density at radius 3 is 1.36 bits per heavy atom. The quantitative estimate of drug-likeness (QED) is 0.0145. The number of benzene rings is 3. The average molecular weight is 1590 g/mol. The van der Waals surface area contributed by atoms with E-state index >= 15 is 0 Å². The van der Waals surface area contributed by atoms with Crippen molar-refractivity contribution in [3.63, 3.8) is 0 Å². The van der Waals surface area contributed by atoms with E-state index in [-0.39, 0.29) is 135 Å². The maximum Gasteiger partial charge on any atom is 0.330 e. The number of imide groups is 1. The summed E-state index contributed by atoms with van der Waals surface area (Å²) >= 11 is 3.37. The van der Waals surface area contributed by atoms with Crippen LogP contribution >= 0.6 is 15.9 Å². The summed E-state index contributed by atoms with van der Waals surface area (Å²) in [6.45, 7) is 26.8. The molecule has 0 bridgehead atoms. The number of hydrogen-bond donors (Lipinski definition) is 2. The number of esters is 4. The van der Waals surface area contributed by atoms with E-state index in [2.05, 4.69) is 52.0 Å². The van der Waals surface area contributed by atoms with Crippen LogP contribution < -0.4 is 22.4 Å². The molecule has 596 valence electrons. The molecule has 2 saturated carbocycles. The largest absolute Gasteiger partial charge is 0.460 e. The number of aliphatic hydroxyl groups is 1. The molecule has 3 unspecified atom stereocenters. The molecule has 3 aromatic heterocycles. The van der Waals surface area contributed by atoms with Crippen LogP contribution in [0.15, 0.2) is 86.1 Å². The van der Waals surface area contributed by atoms with Crippen molar-refractivity contribution in [2.24, 2.45) is 21.1 Å². The predicted octanol–water partition coefficient (Wildman–Crippen LogP) is 8.76. The van der Waals surface area contributed by atoms with Crippen molar-refractivity contribution in [2.45, 2.75) is 207 Å². The van der Waals surface area contributed by atoms with Crippen molar-refractivity contribution < 1.29 is 86.2 Å². The van der Waals surface area contributed by atoms with E-state index < -0.39 is 46.4 Å². The fourth-order valence-electron chi connectivity index (χ4n) is 11.3. The molecule has 2 aliphatic carbocycles. The molecule has 0 spiro atoms. The van der Waals surface area contributed by atoms with Crippen LogP contribution in [0.5, 0.6) is 0 Å². The molecule has 3 aliphatic rings. The van der Waals surface area contributed by atoms with Gasteiger partial charge < -0.3 is 38.3 Å². The first-order chi connectivity index (χ1) is 51.4. The van der Waals surface area contributed by atoms with Crippen LogP contribution in [0, 0.1) is 36.5 Å². The number of piperidine rings is 1. The summed E-state index contributed by atoms with van der Waals surface area (Å²) in [4.78, 5) is 154. The summed E-state index contributed by atoms with van der Waals surface area (Å²) in [7, 11) is 5.01. The first-order valence-electron chi connectivity index (χ1n) is 35.9. The predicted molar refractivity (Wildman–Crippen MR) is 416 cm³/mol. The number of terminal acetylenes is 2. The Bertz CT molecular complexity index is 4660. The highest BCUT2D eigenvalue weighted by atomic mass is 79.9. The van der Waals surface area contributed by atoms with Crippen LogP contribution in [0.4, 0.5) is 0 Å². The summed E-state index contributed by atoms with van der Waals surface area (Å²) in [5, 5.41) is 9.92. The van der Waals surface area contributed by atoms with E-state index in [0.29, 0.717) is 79.6 Å². The van der Waals surface area contributed by atoms with E-state index in [1.54, 1.807) is 50.0 Å². The molecule has 3 atom stereocenters. The molecule has 3 aromatic carbocycles. The summed E-state index contributed by atoms with van der Waals surface area (Å²) < 4.78 is 46.1. The number of amides is 2. The third-order valence-electron chi connectivity index (χ3n) is 15.9. The second-order valence-electron chi connectivity index (χ2n) is 29.7. The number of nitrogens with zero attached hydrogens (tertiary/aromatic N) is 6. The Morgan fingerprint density at radius 2 is 0.945 bits per heavy atom. The molecular weight excluding hydrogens is 1490 g/mol. The number of ketones is 4. The van der Waals surface area contributed by atoms with Crippen LogP contribution in [0.3, 0.4) is 0 Å². The first kappa shape index (κ1) is 92.3. The van der Waals surface area contributed by atoms with E-state index in [4.69, 9.17) is 44.7 Å². The Balaban J connectivity index is 0.000000305. The van der Waals surface area contributed by atoms with E-state index in [1.165, 1.54) is 22.8 Å². The monoisotopic (exact) mass is 1590 g/mol. The van der Waals surface area contributed by atoms with Crippen LogP contribution in [0.1, 0.15) is 189 Å². The molecular formula is C81H104BrN7O21. The number of ether oxygens (including phenoxy) is 7. The van der Waals surface area contributed by atoms with Crippen molar-refractivity contribution in [2.75, 3.05) is 46.2 Å². The van der Waals surface area contributed by atoms with Gasteiger partial charge in [-0.15, -0.1) is 12.8 Å². The normalized spacial score (nSPS) is 15.7. The van der Waals surface area contributed by atoms with Crippen molar-refractivity contribution in [1.82, 2.24) is 32.7 Å². The topological polar surface area (TPSA) is 348 Å². The highest BCUT2D eigenvalue weighted by Gasteiger charge is 2.34. The van der Waals surface area contributed by atoms with Gasteiger partial charge in [-0.25, -0.2) is 19.2 Å². The molecule has 4 heterocycles. The molecule has 3 fully saturated rings. The fourth-order valence-corrected chi connectivity index (χ4v) is 11.6. The third kappa shape index (κ3) is 30.1. The van der Waals surface area contributed by atoms with Gasteiger partial charge in [0.15, 0.2) is 11.6 Å². The van der Waals surface area contributed by atoms with Gasteiger partial charge in [0.05, 0.1) is 97.1 Å². The van der Waals surface area contributed by atoms with E-state index in [0.717, 1.165) is 40.0 Å². The maximum absolute atomic E-state index is 12.8. The first-order valence-corrected chi connectivity index (χ1v) is 36.6. The summed E-state index contributed by atoms with van der Waals surface area (Å²) in [5.41, 5.74) is 3.36. The third-order valence-corrected chi connectivity index (χ3v) is 16.4. The number of aryl methyl sites for hydroxylation is 4. The molecule has 28 nitrogen and oxygen atoms in total. The average Bonchev–Trinajstić information content (AvgIpc) is 1.62. The van der Waals surface area contributed by atoms with Crippen molar-refractivity contribution in [1.29, 1.82) is 0 Å². The molecule has 29 heteroatoms. The number of halogens is 1. The van der Waals surface area contributed by atoms with Crippen molar-refractivity contribution >= 4 is 108 Å². The standard InChI is InChI=1S/C24H32N2O6.C24H28N2O6.C13H12BrN3O3.C10H16O3.C7H12O2.C3H4O/c2*1-24(2,3)32-22(29)11-13-31-12-5-6-16-7-9-18-20(14-16)25(4)23(30)26(18)19-10-8-17(27)15-21(19)28;1-16-10-6-7(14)2-3-8(10)17(13(16)20)9-4-5-11(18)15-12(9)19;1-5-7-12-8-6-9(11)13-10(2,3)4;1-5-6(8)9-7(2,3)4;1-2-3-4/h7,9,14,19H,5-6,8,10-13,15H2,1-4H3;7,9,14,19H,8,10-13,15H2,1-4H3;2-3,6,9H,4-5H2,1H3,(H,15,18,19);1H,6-8H2,2-4H3;5H,1H2,2-4H3;1,4H,3H2. The number of fused-ring (bicyclic) bond motifs is 3. The van der Waals surface area contributed by atoms with E-state index in [9.17, 15) is 62.3 Å². The number of carbonyl (C=O) groups is 10. The van der Waals surface area contributed by atoms with Crippen molar-refractivity contribution in [3.05, 3.63) is 114 Å². The molecule has 0 radical (unpaired) electrons. The van der Waals surface area contributed by atoms with Crippen LogP contribution in [0.2, 0.25) is 0 Å². The van der Waals surface area contributed by atoms with E-state index in [1.807, 2.05) is 119 Å². The number of carbonyl (C=O) groups excluding carboxylic acids is 10. The SMILES string of the molecule is C#CCO.C#CCOCCC(=O)OC(C)(C)C.C=CC(=O)OC(C)(C)C.Cn1c(=O)n(C2CCC(=O)CC2=O)c2ccc(C#CCOCCC(=O)OC(C)(C)C)cc21.Cn1c(=O)n(C2CCC(=O)CC2=O)c2ccc(CCCOCCC(=O)OC(C)(C)C)cc21.Cn1c(=O)n(C2CCC(=O)NC2=O)c2ccc(Br)cc21. The number of aliphatic hydroxyl groups excluding tert-OH is 1. The maximum atomic E-state index is 12.8. The number of aromatic nitrogens is 6. The van der Waals surface area contributed by atoms with Gasteiger partial charge >= 0.3 is 40.9 Å². The lowest BCUT2D eigenvalue weighted by molar-refractivity contribution is -0.157. The van der Waals surface area contributed by atoms with Gasteiger partial charge in [0.1, 0.15) is 59.8 Å². The number of imidazole rings is 3. The highest BCUT2D eigenvalue weighted by molar-refractivity contribution is 9.10. The summed E-state index contributed by atoms with van der Waals surface area (Å²) in [5.74, 6) is 7.71. The number of hydrogen-bond acceptors (Lipinski definition) is 21. The van der Waals surface area contributed by atoms with Gasteiger partial charge in [0.2, 0.25) is 11.8 Å². The lowest BCUT2D eigenvalue weighted by Crippen LogP contribution is -2.44. The second kappa shape index (κ2) is 42.8. The molecule has 9 rings (SSSR count). The van der Waals surface area contributed by atoms with Gasteiger partial charge in [0.25, 0.3) is 0 Å². The fraction of sp³-hybridized carbons (Fsp3) is 0.519. The Hall–Kier alpha value is -10.1. The second-order valence-corrected chi connectivity index (χ2v) is 30.6. The molecule has 6 aromatic rings. The van der Waals surface area contributed by atoms with Gasteiger partial charge in [-0.1, -0.05) is 52.3 Å². The summed E-state index contributed by atoms with van der Waals surface area (Å²) in [6, 6.07) is 14.8. The molecule has 110 heavy (non-hydrogen) atoms. The smallest absolute Gasteiger partial charge is 0.330 e. The zero-order chi connectivity index (χ0) is 82.6. The zero-order valence-electron chi connectivity index (χ0n) is 65.7. The Morgan fingerprint density at radius 1 is 0.536 bits per heavy atom.